The quantitative estimate of drug-likeness (QED) is 0.338. The maximum absolute atomic E-state index is 12.6. The fourth-order valence-electron chi connectivity index (χ4n) is 4.97. The summed E-state index contributed by atoms with van der Waals surface area (Å²) in [5.41, 5.74) is 3.29. The van der Waals surface area contributed by atoms with E-state index >= 15 is 0 Å². The first-order valence-corrected chi connectivity index (χ1v) is 12.9. The van der Waals surface area contributed by atoms with Crippen molar-refractivity contribution in [3.8, 4) is 5.75 Å². The lowest BCUT2D eigenvalue weighted by atomic mass is 10.0. The second-order valence-electron chi connectivity index (χ2n) is 9.68. The molecule has 0 aliphatic carbocycles. The highest BCUT2D eigenvalue weighted by atomic mass is 16.5. The summed E-state index contributed by atoms with van der Waals surface area (Å²) in [6.07, 6.45) is 3.33. The number of hydrogen-bond acceptors (Lipinski definition) is 5. The van der Waals surface area contributed by atoms with Crippen LogP contribution in [0.4, 0.5) is 0 Å². The smallest absolute Gasteiger partial charge is 0.254 e. The van der Waals surface area contributed by atoms with Crippen LogP contribution in [0.1, 0.15) is 21.5 Å². The van der Waals surface area contributed by atoms with Gasteiger partial charge >= 0.3 is 0 Å². The van der Waals surface area contributed by atoms with Crippen molar-refractivity contribution in [2.24, 2.45) is 0 Å². The van der Waals surface area contributed by atoms with E-state index in [1.165, 1.54) is 21.9 Å². The molecule has 6 nitrogen and oxygen atoms in total. The number of hydrogen-bond donors (Lipinski definition) is 0. The van der Waals surface area contributed by atoms with Crippen LogP contribution in [0.3, 0.4) is 0 Å². The van der Waals surface area contributed by atoms with Crippen LogP contribution in [-0.2, 0) is 13.1 Å². The Hall–Kier alpha value is -3.74. The van der Waals surface area contributed by atoms with Gasteiger partial charge in [-0.2, -0.15) is 0 Å². The number of benzene rings is 3. The van der Waals surface area contributed by atoms with Crippen LogP contribution in [0.2, 0.25) is 0 Å². The third-order valence-electron chi connectivity index (χ3n) is 6.93. The Kier molecular flexibility index (Phi) is 8.08. The molecule has 2 heterocycles. The van der Waals surface area contributed by atoms with E-state index in [2.05, 4.69) is 82.5 Å². The van der Waals surface area contributed by atoms with E-state index in [0.29, 0.717) is 12.2 Å². The van der Waals surface area contributed by atoms with Crippen molar-refractivity contribution in [3.05, 3.63) is 108 Å². The lowest BCUT2D eigenvalue weighted by Crippen LogP contribution is -2.49. The first kappa shape index (κ1) is 24.9. The zero-order chi connectivity index (χ0) is 25.5. The monoisotopic (exact) mass is 494 g/mol. The van der Waals surface area contributed by atoms with E-state index in [1.54, 1.807) is 24.5 Å². The molecule has 0 saturated carbocycles. The topological polar surface area (TPSA) is 48.9 Å². The predicted molar refractivity (Wildman–Crippen MR) is 148 cm³/mol. The highest BCUT2D eigenvalue weighted by Crippen LogP contribution is 2.21. The molecule has 1 saturated heterocycles. The largest absolute Gasteiger partial charge is 0.492 e. The molecular weight excluding hydrogens is 460 g/mol. The first-order chi connectivity index (χ1) is 18.2. The molecule has 190 valence electrons. The minimum Gasteiger partial charge on any atom is -0.492 e. The van der Waals surface area contributed by atoms with E-state index in [-0.39, 0.29) is 5.91 Å². The van der Waals surface area contributed by atoms with Gasteiger partial charge in [0, 0.05) is 63.8 Å². The first-order valence-electron chi connectivity index (χ1n) is 12.9. The van der Waals surface area contributed by atoms with Gasteiger partial charge in [-0.15, -0.1) is 0 Å². The van der Waals surface area contributed by atoms with Gasteiger partial charge in [0.25, 0.3) is 5.91 Å². The summed E-state index contributed by atoms with van der Waals surface area (Å²) in [4.78, 5) is 23.2. The van der Waals surface area contributed by atoms with Gasteiger partial charge in [0.2, 0.25) is 0 Å². The molecule has 37 heavy (non-hydrogen) atoms. The Bertz CT molecular complexity index is 1310. The van der Waals surface area contributed by atoms with Crippen molar-refractivity contribution in [1.82, 2.24) is 19.7 Å². The third-order valence-corrected chi connectivity index (χ3v) is 6.93. The molecule has 1 fully saturated rings. The van der Waals surface area contributed by atoms with Gasteiger partial charge in [-0.3, -0.25) is 19.6 Å². The van der Waals surface area contributed by atoms with Crippen molar-refractivity contribution in [2.45, 2.75) is 13.1 Å². The third kappa shape index (κ3) is 6.53. The second kappa shape index (κ2) is 12.0. The summed E-state index contributed by atoms with van der Waals surface area (Å²) < 4.78 is 6.10. The normalized spacial score (nSPS) is 14.3. The summed E-state index contributed by atoms with van der Waals surface area (Å²) >= 11 is 0. The average Bonchev–Trinajstić information content (AvgIpc) is 2.94. The number of amides is 1. The van der Waals surface area contributed by atoms with Gasteiger partial charge in [-0.25, -0.2) is 0 Å². The second-order valence-corrected chi connectivity index (χ2v) is 9.68. The zero-order valence-corrected chi connectivity index (χ0v) is 21.4. The minimum atomic E-state index is 0.0838. The molecule has 4 aromatic rings. The van der Waals surface area contributed by atoms with Crippen LogP contribution < -0.4 is 4.74 Å². The van der Waals surface area contributed by atoms with E-state index in [0.717, 1.165) is 51.6 Å². The molecule has 6 heteroatoms. The Labute approximate surface area is 219 Å². The Morgan fingerprint density at radius 1 is 0.892 bits per heavy atom. The molecule has 0 N–H and O–H groups in total. The molecule has 0 spiro atoms. The van der Waals surface area contributed by atoms with Gasteiger partial charge in [-0.1, -0.05) is 54.6 Å². The number of ether oxygens (including phenoxy) is 1. The highest BCUT2D eigenvalue weighted by Gasteiger charge is 2.21. The number of nitrogens with zero attached hydrogens (tertiary/aromatic N) is 4. The summed E-state index contributed by atoms with van der Waals surface area (Å²) in [5, 5.41) is 2.60. The summed E-state index contributed by atoms with van der Waals surface area (Å²) in [7, 11) is 2.16. The van der Waals surface area contributed by atoms with Crippen LogP contribution in [0, 0.1) is 0 Å². The zero-order valence-electron chi connectivity index (χ0n) is 21.4. The Morgan fingerprint density at radius 3 is 2.49 bits per heavy atom. The molecule has 0 radical (unpaired) electrons. The van der Waals surface area contributed by atoms with Gasteiger partial charge < -0.3 is 9.64 Å². The van der Waals surface area contributed by atoms with Crippen molar-refractivity contribution in [3.63, 3.8) is 0 Å². The lowest BCUT2D eigenvalue weighted by molar-refractivity contribution is 0.0620. The lowest BCUT2D eigenvalue weighted by Gasteiger charge is -2.34. The Morgan fingerprint density at radius 2 is 1.65 bits per heavy atom. The van der Waals surface area contributed by atoms with E-state index in [4.69, 9.17) is 4.74 Å². The van der Waals surface area contributed by atoms with Gasteiger partial charge in [0.15, 0.2) is 0 Å². The summed E-state index contributed by atoms with van der Waals surface area (Å²) in [6, 6.07) is 27.0. The number of pyridine rings is 1. The van der Waals surface area contributed by atoms with Crippen LogP contribution in [0.5, 0.6) is 5.75 Å². The molecule has 1 aromatic heterocycles. The molecular formula is C31H34N4O2. The van der Waals surface area contributed by atoms with E-state index in [9.17, 15) is 4.79 Å². The number of aromatic nitrogens is 1. The SMILES string of the molecule is CN(Cc1cccc(OCCN2CCN(C(=O)c3ccncc3)CC2)c1)Cc1cccc2ccccc12. The molecule has 1 aliphatic rings. The fourth-order valence-corrected chi connectivity index (χ4v) is 4.97. The van der Waals surface area contributed by atoms with Crippen LogP contribution >= 0.6 is 0 Å². The van der Waals surface area contributed by atoms with E-state index in [1.807, 2.05) is 11.0 Å². The van der Waals surface area contributed by atoms with Crippen LogP contribution in [0.25, 0.3) is 10.8 Å². The van der Waals surface area contributed by atoms with Crippen molar-refractivity contribution < 1.29 is 9.53 Å². The molecule has 0 unspecified atom stereocenters. The van der Waals surface area contributed by atoms with Gasteiger partial charge in [0.05, 0.1) is 0 Å². The van der Waals surface area contributed by atoms with Crippen LogP contribution in [-0.4, -0.2) is 72.0 Å². The van der Waals surface area contributed by atoms with Gasteiger partial charge in [0.1, 0.15) is 12.4 Å². The maximum atomic E-state index is 12.6. The minimum absolute atomic E-state index is 0.0838. The molecule has 0 bridgehead atoms. The van der Waals surface area contributed by atoms with Gasteiger partial charge in [-0.05, 0) is 53.2 Å². The molecule has 0 atom stereocenters. The Balaban J connectivity index is 1.07. The number of fused-ring (bicyclic) bond motifs is 1. The van der Waals surface area contributed by atoms with E-state index < -0.39 is 0 Å². The fraction of sp³-hybridized carbons (Fsp3) is 0.290. The standard InChI is InChI=1S/C31H34N4O2/c1-33(24-28-9-5-8-26-7-2-3-11-30(26)28)23-25-6-4-10-29(22-25)37-21-20-34-16-18-35(19-17-34)31(36)27-12-14-32-15-13-27/h2-15,22H,16-21,23-24H2,1H3. The number of piperazine rings is 1. The number of rotatable bonds is 9. The molecule has 1 amide bonds. The maximum Gasteiger partial charge on any atom is 0.254 e. The molecule has 5 rings (SSSR count). The van der Waals surface area contributed by atoms with Crippen LogP contribution in [0.15, 0.2) is 91.3 Å². The number of carbonyl (C=O) groups excluding carboxylic acids is 1. The predicted octanol–water partition coefficient (Wildman–Crippen LogP) is 4.70. The van der Waals surface area contributed by atoms with Crippen molar-refractivity contribution in [2.75, 3.05) is 46.4 Å². The van der Waals surface area contributed by atoms with Crippen molar-refractivity contribution >= 4 is 16.7 Å². The average molecular weight is 495 g/mol. The molecule has 3 aromatic carbocycles. The summed E-state index contributed by atoms with van der Waals surface area (Å²) in [5.74, 6) is 0.989. The molecule has 1 aliphatic heterocycles. The van der Waals surface area contributed by atoms with Crippen molar-refractivity contribution in [1.29, 1.82) is 0 Å². The number of carbonyl (C=O) groups is 1. The summed E-state index contributed by atoms with van der Waals surface area (Å²) in [6.45, 7) is 6.42. The highest BCUT2D eigenvalue weighted by molar-refractivity contribution is 5.94.